The standard InChI is InChI=1S/C11H14ClNO3/c1-15-11(14)8-3-2-4-10(5-8)16-7-9(13)6-12/h2-5,9H,6-7,13H2,1H3. The molecule has 0 amide bonds. The van der Waals surface area contributed by atoms with Gasteiger partial charge in [-0.3, -0.25) is 0 Å². The molecule has 1 unspecified atom stereocenters. The van der Waals surface area contributed by atoms with E-state index in [1.54, 1.807) is 24.3 Å². The van der Waals surface area contributed by atoms with Gasteiger partial charge in [-0.15, -0.1) is 11.6 Å². The van der Waals surface area contributed by atoms with Gasteiger partial charge in [0.2, 0.25) is 0 Å². The lowest BCUT2D eigenvalue weighted by Gasteiger charge is -2.10. The first-order chi connectivity index (χ1) is 7.67. The van der Waals surface area contributed by atoms with E-state index in [-0.39, 0.29) is 6.04 Å². The Balaban J connectivity index is 2.64. The number of hydrogen-bond acceptors (Lipinski definition) is 4. The zero-order chi connectivity index (χ0) is 12.0. The summed E-state index contributed by atoms with van der Waals surface area (Å²) in [6.07, 6.45) is 0. The average molecular weight is 244 g/mol. The van der Waals surface area contributed by atoms with Gasteiger partial charge in [0.05, 0.1) is 18.7 Å². The number of benzene rings is 1. The number of ether oxygens (including phenoxy) is 2. The Bertz CT molecular complexity index is 357. The Hall–Kier alpha value is -1.26. The van der Waals surface area contributed by atoms with Gasteiger partial charge in [0.15, 0.2) is 0 Å². The quantitative estimate of drug-likeness (QED) is 0.628. The van der Waals surface area contributed by atoms with Crippen molar-refractivity contribution in [3.63, 3.8) is 0 Å². The van der Waals surface area contributed by atoms with Crippen molar-refractivity contribution < 1.29 is 14.3 Å². The molecule has 0 heterocycles. The molecular formula is C11H14ClNO3. The van der Waals surface area contributed by atoms with Crippen LogP contribution in [0.3, 0.4) is 0 Å². The summed E-state index contributed by atoms with van der Waals surface area (Å²) in [5, 5.41) is 0. The van der Waals surface area contributed by atoms with Gasteiger partial charge in [-0.05, 0) is 18.2 Å². The summed E-state index contributed by atoms with van der Waals surface area (Å²) < 4.78 is 9.97. The summed E-state index contributed by atoms with van der Waals surface area (Å²) >= 11 is 5.54. The smallest absolute Gasteiger partial charge is 0.337 e. The molecule has 4 nitrogen and oxygen atoms in total. The lowest BCUT2D eigenvalue weighted by atomic mass is 10.2. The Morgan fingerprint density at radius 2 is 2.31 bits per heavy atom. The van der Waals surface area contributed by atoms with Crippen molar-refractivity contribution in [2.75, 3.05) is 19.6 Å². The Kier molecular flexibility index (Phi) is 5.08. The maximum Gasteiger partial charge on any atom is 0.337 e. The highest BCUT2D eigenvalue weighted by molar-refractivity contribution is 6.18. The Morgan fingerprint density at radius 3 is 2.94 bits per heavy atom. The molecule has 1 aromatic carbocycles. The second kappa shape index (κ2) is 6.35. The van der Waals surface area contributed by atoms with Gasteiger partial charge in [-0.25, -0.2) is 4.79 Å². The molecule has 0 bridgehead atoms. The largest absolute Gasteiger partial charge is 0.492 e. The molecule has 0 aromatic heterocycles. The minimum atomic E-state index is -0.396. The van der Waals surface area contributed by atoms with Crippen LogP contribution in [0.15, 0.2) is 24.3 Å². The fourth-order valence-corrected chi connectivity index (χ4v) is 1.17. The second-order valence-electron chi connectivity index (χ2n) is 3.24. The van der Waals surface area contributed by atoms with Crippen molar-refractivity contribution in [1.82, 2.24) is 0 Å². The second-order valence-corrected chi connectivity index (χ2v) is 3.55. The summed E-state index contributed by atoms with van der Waals surface area (Å²) in [5.74, 6) is 0.506. The molecule has 0 aliphatic rings. The third-order valence-corrected chi connectivity index (χ3v) is 2.31. The molecule has 5 heteroatoms. The molecule has 1 rings (SSSR count). The van der Waals surface area contributed by atoms with E-state index in [1.165, 1.54) is 7.11 Å². The van der Waals surface area contributed by atoms with Gasteiger partial charge < -0.3 is 15.2 Å². The van der Waals surface area contributed by atoms with Crippen molar-refractivity contribution in [1.29, 1.82) is 0 Å². The van der Waals surface area contributed by atoms with Gasteiger partial charge in [-0.2, -0.15) is 0 Å². The minimum Gasteiger partial charge on any atom is -0.492 e. The van der Waals surface area contributed by atoms with Crippen LogP contribution < -0.4 is 10.5 Å². The summed E-state index contributed by atoms with van der Waals surface area (Å²) in [6, 6.07) is 6.50. The van der Waals surface area contributed by atoms with Crippen LogP contribution in [-0.4, -0.2) is 31.6 Å². The van der Waals surface area contributed by atoms with E-state index in [0.29, 0.717) is 23.8 Å². The van der Waals surface area contributed by atoms with Crippen molar-refractivity contribution >= 4 is 17.6 Å². The van der Waals surface area contributed by atoms with Crippen molar-refractivity contribution in [3.8, 4) is 5.75 Å². The third kappa shape index (κ3) is 3.72. The number of esters is 1. The van der Waals surface area contributed by atoms with Crippen LogP contribution in [0.2, 0.25) is 0 Å². The highest BCUT2D eigenvalue weighted by atomic mass is 35.5. The van der Waals surface area contributed by atoms with Crippen LogP contribution in [0.25, 0.3) is 0 Å². The average Bonchev–Trinajstić information content (AvgIpc) is 2.35. The molecule has 0 aliphatic heterocycles. The van der Waals surface area contributed by atoms with E-state index in [1.807, 2.05) is 0 Å². The number of methoxy groups -OCH3 is 1. The molecule has 0 spiro atoms. The summed E-state index contributed by atoms with van der Waals surface area (Å²) in [5.41, 5.74) is 6.04. The fraction of sp³-hybridized carbons (Fsp3) is 0.364. The highest BCUT2D eigenvalue weighted by Crippen LogP contribution is 2.14. The number of alkyl halides is 1. The van der Waals surface area contributed by atoms with Crippen LogP contribution >= 0.6 is 11.6 Å². The molecule has 0 aliphatic carbocycles. The summed E-state index contributed by atoms with van der Waals surface area (Å²) in [7, 11) is 1.33. The summed E-state index contributed by atoms with van der Waals surface area (Å²) in [4.78, 5) is 11.2. The van der Waals surface area contributed by atoms with Gasteiger partial charge in [-0.1, -0.05) is 6.07 Å². The monoisotopic (exact) mass is 243 g/mol. The first-order valence-corrected chi connectivity index (χ1v) is 5.33. The van der Waals surface area contributed by atoms with E-state index in [4.69, 9.17) is 22.1 Å². The molecule has 0 fully saturated rings. The molecule has 16 heavy (non-hydrogen) atoms. The molecule has 2 N–H and O–H groups in total. The van der Waals surface area contributed by atoms with Crippen molar-refractivity contribution in [2.45, 2.75) is 6.04 Å². The molecule has 0 saturated carbocycles. The number of hydrogen-bond donors (Lipinski definition) is 1. The van der Waals surface area contributed by atoms with Crippen LogP contribution in [0.4, 0.5) is 0 Å². The van der Waals surface area contributed by atoms with Crippen LogP contribution in [0, 0.1) is 0 Å². The molecule has 1 atom stereocenters. The molecular weight excluding hydrogens is 230 g/mol. The number of carbonyl (C=O) groups is 1. The van der Waals surface area contributed by atoms with Crippen LogP contribution in [-0.2, 0) is 4.74 Å². The van der Waals surface area contributed by atoms with Gasteiger partial charge >= 0.3 is 5.97 Å². The zero-order valence-corrected chi connectivity index (χ0v) is 9.74. The first kappa shape index (κ1) is 12.8. The lowest BCUT2D eigenvalue weighted by Crippen LogP contribution is -2.29. The SMILES string of the molecule is COC(=O)c1cccc(OCC(N)CCl)c1. The van der Waals surface area contributed by atoms with Gasteiger partial charge in [0, 0.05) is 5.88 Å². The molecule has 0 saturated heterocycles. The topological polar surface area (TPSA) is 61.5 Å². The van der Waals surface area contributed by atoms with E-state index in [2.05, 4.69) is 4.74 Å². The minimum absolute atomic E-state index is 0.219. The van der Waals surface area contributed by atoms with Gasteiger partial charge in [0.25, 0.3) is 0 Å². The van der Waals surface area contributed by atoms with Crippen LogP contribution in [0.1, 0.15) is 10.4 Å². The van der Waals surface area contributed by atoms with E-state index in [0.717, 1.165) is 0 Å². The first-order valence-electron chi connectivity index (χ1n) is 4.80. The van der Waals surface area contributed by atoms with Crippen molar-refractivity contribution in [3.05, 3.63) is 29.8 Å². The fourth-order valence-electron chi connectivity index (χ4n) is 1.08. The molecule has 88 valence electrons. The van der Waals surface area contributed by atoms with Crippen molar-refractivity contribution in [2.24, 2.45) is 5.73 Å². The lowest BCUT2D eigenvalue weighted by molar-refractivity contribution is 0.0600. The number of halogens is 1. The van der Waals surface area contributed by atoms with E-state index in [9.17, 15) is 4.79 Å². The normalized spacial score (nSPS) is 11.9. The predicted molar refractivity (Wildman–Crippen MR) is 62.0 cm³/mol. The number of nitrogens with two attached hydrogens (primary N) is 1. The van der Waals surface area contributed by atoms with E-state index < -0.39 is 5.97 Å². The summed E-state index contributed by atoms with van der Waals surface area (Å²) in [6.45, 7) is 0.314. The predicted octanol–water partition coefficient (Wildman–Crippen LogP) is 1.42. The maximum absolute atomic E-state index is 11.2. The van der Waals surface area contributed by atoms with E-state index >= 15 is 0 Å². The Morgan fingerprint density at radius 1 is 1.56 bits per heavy atom. The number of rotatable bonds is 5. The molecule has 0 radical (unpaired) electrons. The van der Waals surface area contributed by atoms with Gasteiger partial charge in [0.1, 0.15) is 12.4 Å². The Labute approximate surface area is 99.3 Å². The maximum atomic E-state index is 11.2. The zero-order valence-electron chi connectivity index (χ0n) is 8.98. The molecule has 1 aromatic rings. The third-order valence-electron chi connectivity index (χ3n) is 1.92. The number of carbonyl (C=O) groups excluding carboxylic acids is 1. The highest BCUT2D eigenvalue weighted by Gasteiger charge is 2.07. The van der Waals surface area contributed by atoms with Crippen LogP contribution in [0.5, 0.6) is 5.75 Å².